The van der Waals surface area contributed by atoms with Gasteiger partial charge in [0.05, 0.1) is 17.6 Å². The lowest BCUT2D eigenvalue weighted by atomic mass is 10.2. The van der Waals surface area contributed by atoms with Gasteiger partial charge in [-0.15, -0.1) is 11.3 Å². The van der Waals surface area contributed by atoms with Crippen LogP contribution in [0.1, 0.15) is 22.9 Å². The first-order chi connectivity index (χ1) is 9.60. The molecule has 0 bridgehead atoms. The highest BCUT2D eigenvalue weighted by atomic mass is 32.1. The molecule has 5 heteroatoms. The van der Waals surface area contributed by atoms with Crippen LogP contribution in [0.2, 0.25) is 0 Å². The first kappa shape index (κ1) is 13.1. The topological polar surface area (TPSA) is 43.8 Å². The molecule has 104 valence electrons. The van der Waals surface area contributed by atoms with Crippen LogP contribution in [0.25, 0.3) is 11.0 Å². The van der Waals surface area contributed by atoms with Gasteiger partial charge in [-0.25, -0.2) is 9.37 Å². The van der Waals surface area contributed by atoms with Gasteiger partial charge in [0.1, 0.15) is 5.82 Å². The number of thiophene rings is 1. The van der Waals surface area contributed by atoms with Crippen LogP contribution in [-0.2, 0) is 13.0 Å². The maximum atomic E-state index is 13.6. The summed E-state index contributed by atoms with van der Waals surface area (Å²) in [6.45, 7) is 4.58. The van der Waals surface area contributed by atoms with E-state index in [1.165, 1.54) is 16.5 Å². The fourth-order valence-electron chi connectivity index (χ4n) is 2.40. The third-order valence-corrected chi connectivity index (χ3v) is 4.53. The van der Waals surface area contributed by atoms with E-state index in [2.05, 4.69) is 23.4 Å². The van der Waals surface area contributed by atoms with Crippen molar-refractivity contribution in [2.45, 2.75) is 26.8 Å². The lowest BCUT2D eigenvalue weighted by molar-refractivity contribution is 0.620. The molecule has 0 aliphatic rings. The molecule has 0 aliphatic heterocycles. The van der Waals surface area contributed by atoms with E-state index in [0.717, 1.165) is 11.9 Å². The fraction of sp³-hybridized carbons (Fsp3) is 0.267. The molecule has 0 aliphatic carbocycles. The summed E-state index contributed by atoms with van der Waals surface area (Å²) in [4.78, 5) is 5.53. The van der Waals surface area contributed by atoms with Crippen molar-refractivity contribution >= 4 is 28.3 Å². The summed E-state index contributed by atoms with van der Waals surface area (Å²) in [5.41, 5.74) is 9.43. The highest BCUT2D eigenvalue weighted by Gasteiger charge is 2.13. The summed E-state index contributed by atoms with van der Waals surface area (Å²) in [5, 5.41) is 2.09. The number of aromatic nitrogens is 2. The van der Waals surface area contributed by atoms with Crippen molar-refractivity contribution in [3.05, 3.63) is 45.4 Å². The largest absolute Gasteiger partial charge is 0.369 e. The molecule has 0 fully saturated rings. The summed E-state index contributed by atoms with van der Waals surface area (Å²) in [6, 6.07) is 5.40. The number of fused-ring (bicyclic) bond motifs is 1. The Morgan fingerprint density at radius 1 is 1.40 bits per heavy atom. The molecule has 3 nitrogen and oxygen atoms in total. The van der Waals surface area contributed by atoms with E-state index >= 15 is 0 Å². The third kappa shape index (κ3) is 2.08. The minimum absolute atomic E-state index is 0.243. The van der Waals surface area contributed by atoms with Crippen molar-refractivity contribution in [1.82, 2.24) is 9.55 Å². The number of nitrogens with zero attached hydrogens (tertiary/aromatic N) is 2. The minimum Gasteiger partial charge on any atom is -0.369 e. The highest BCUT2D eigenvalue weighted by Crippen LogP contribution is 2.25. The van der Waals surface area contributed by atoms with Gasteiger partial charge in [-0.3, -0.25) is 0 Å². The molecule has 0 spiro atoms. The Labute approximate surface area is 120 Å². The number of anilines is 1. The van der Waals surface area contributed by atoms with Crippen LogP contribution in [0, 0.1) is 12.7 Å². The Hall–Kier alpha value is -1.88. The van der Waals surface area contributed by atoms with E-state index < -0.39 is 0 Å². The zero-order chi connectivity index (χ0) is 14.3. The zero-order valence-corrected chi connectivity index (χ0v) is 12.3. The van der Waals surface area contributed by atoms with Gasteiger partial charge in [-0.2, -0.15) is 0 Å². The van der Waals surface area contributed by atoms with Crippen molar-refractivity contribution in [2.24, 2.45) is 0 Å². The van der Waals surface area contributed by atoms with Crippen LogP contribution in [0.4, 0.5) is 10.3 Å². The van der Waals surface area contributed by atoms with Crippen molar-refractivity contribution in [3.63, 3.8) is 0 Å². The average molecular weight is 289 g/mol. The number of nitrogens with two attached hydrogens (primary N) is 1. The van der Waals surface area contributed by atoms with Crippen molar-refractivity contribution < 1.29 is 4.39 Å². The molecule has 2 aromatic heterocycles. The van der Waals surface area contributed by atoms with Crippen molar-refractivity contribution in [2.75, 3.05) is 5.73 Å². The molecule has 0 saturated heterocycles. The van der Waals surface area contributed by atoms with Crippen molar-refractivity contribution in [3.8, 4) is 0 Å². The number of rotatable bonds is 3. The number of nitrogen functional groups attached to an aromatic ring is 1. The van der Waals surface area contributed by atoms with E-state index in [-0.39, 0.29) is 5.82 Å². The predicted molar refractivity (Wildman–Crippen MR) is 81.6 cm³/mol. The first-order valence-electron chi connectivity index (χ1n) is 6.57. The standard InChI is InChI=1S/C15H16FN3S/c1-3-10-4-5-20-14(10)8-19-13-6-9(2)11(16)7-12(13)18-15(19)17/h4-7H,3,8H2,1-2H3,(H2,17,18). The van der Waals surface area contributed by atoms with E-state index in [1.807, 2.05) is 10.6 Å². The van der Waals surface area contributed by atoms with Gasteiger partial charge in [0.15, 0.2) is 0 Å². The van der Waals surface area contributed by atoms with Gasteiger partial charge >= 0.3 is 0 Å². The lowest BCUT2D eigenvalue weighted by Crippen LogP contribution is -2.04. The second-order valence-electron chi connectivity index (χ2n) is 4.87. The summed E-state index contributed by atoms with van der Waals surface area (Å²) in [6.07, 6.45) is 0.999. The number of hydrogen-bond donors (Lipinski definition) is 1. The normalized spacial score (nSPS) is 11.3. The first-order valence-corrected chi connectivity index (χ1v) is 7.45. The van der Waals surface area contributed by atoms with Crippen molar-refractivity contribution in [1.29, 1.82) is 0 Å². The van der Waals surface area contributed by atoms with E-state index in [9.17, 15) is 4.39 Å². The Morgan fingerprint density at radius 2 is 2.20 bits per heavy atom. The van der Waals surface area contributed by atoms with Crippen LogP contribution in [0.5, 0.6) is 0 Å². The van der Waals surface area contributed by atoms with Gasteiger partial charge in [0, 0.05) is 10.9 Å². The maximum Gasteiger partial charge on any atom is 0.201 e. The number of aryl methyl sites for hydroxylation is 2. The molecule has 3 rings (SSSR count). The molecule has 3 aromatic rings. The number of benzene rings is 1. The zero-order valence-electron chi connectivity index (χ0n) is 11.5. The smallest absolute Gasteiger partial charge is 0.201 e. The van der Waals surface area contributed by atoms with Crippen LogP contribution in [0.15, 0.2) is 23.6 Å². The Bertz CT molecular complexity index is 773. The van der Waals surface area contributed by atoms with Gasteiger partial charge in [-0.05, 0) is 42.0 Å². The molecular weight excluding hydrogens is 273 g/mol. The van der Waals surface area contributed by atoms with Crippen LogP contribution >= 0.6 is 11.3 Å². The molecule has 0 unspecified atom stereocenters. The van der Waals surface area contributed by atoms with Crippen LogP contribution in [-0.4, -0.2) is 9.55 Å². The average Bonchev–Trinajstić information content (AvgIpc) is 2.97. The quantitative estimate of drug-likeness (QED) is 0.798. The molecular formula is C15H16FN3S. The van der Waals surface area contributed by atoms with Crippen LogP contribution < -0.4 is 5.73 Å². The molecule has 20 heavy (non-hydrogen) atoms. The summed E-state index contributed by atoms with van der Waals surface area (Å²) >= 11 is 1.72. The molecule has 1 aromatic carbocycles. The summed E-state index contributed by atoms with van der Waals surface area (Å²) < 4.78 is 15.5. The summed E-state index contributed by atoms with van der Waals surface area (Å²) in [7, 11) is 0. The second-order valence-corrected chi connectivity index (χ2v) is 5.87. The van der Waals surface area contributed by atoms with Crippen LogP contribution in [0.3, 0.4) is 0 Å². The highest BCUT2D eigenvalue weighted by molar-refractivity contribution is 7.10. The van der Waals surface area contributed by atoms with E-state index in [4.69, 9.17) is 5.73 Å². The minimum atomic E-state index is -0.243. The van der Waals surface area contributed by atoms with E-state index in [0.29, 0.717) is 23.6 Å². The predicted octanol–water partition coefficient (Wildman–Crippen LogP) is 3.74. The molecule has 0 amide bonds. The molecule has 0 radical (unpaired) electrons. The van der Waals surface area contributed by atoms with Gasteiger partial charge in [-0.1, -0.05) is 6.92 Å². The molecule has 0 saturated carbocycles. The summed E-state index contributed by atoms with van der Waals surface area (Å²) in [5.74, 6) is 0.188. The van der Waals surface area contributed by atoms with Gasteiger partial charge in [0.25, 0.3) is 0 Å². The Kier molecular flexibility index (Phi) is 3.22. The number of imidazole rings is 1. The van der Waals surface area contributed by atoms with E-state index in [1.54, 1.807) is 18.3 Å². The molecule has 2 heterocycles. The number of halogens is 1. The molecule has 2 N–H and O–H groups in total. The molecule has 0 atom stereocenters. The van der Waals surface area contributed by atoms with Gasteiger partial charge < -0.3 is 10.3 Å². The number of hydrogen-bond acceptors (Lipinski definition) is 3. The monoisotopic (exact) mass is 289 g/mol. The Morgan fingerprint density at radius 3 is 2.95 bits per heavy atom. The third-order valence-electron chi connectivity index (χ3n) is 3.58. The SMILES string of the molecule is CCc1ccsc1Cn1c(N)nc2cc(F)c(C)cc21. The van der Waals surface area contributed by atoms with Gasteiger partial charge in [0.2, 0.25) is 5.95 Å². The maximum absolute atomic E-state index is 13.6. The second kappa shape index (κ2) is 4.90. The lowest BCUT2D eigenvalue weighted by Gasteiger charge is -2.07. The Balaban J connectivity index is 2.11. The fourth-order valence-corrected chi connectivity index (χ4v) is 3.36.